The van der Waals surface area contributed by atoms with Crippen LogP contribution in [0.5, 0.6) is 0 Å². The van der Waals surface area contributed by atoms with Gasteiger partial charge in [-0.1, -0.05) is 0 Å². The maximum atomic E-state index is 12.3. The lowest BCUT2D eigenvalue weighted by Crippen LogP contribution is -2.55. The zero-order chi connectivity index (χ0) is 18.0. The molecule has 1 rings (SSSR count). The van der Waals surface area contributed by atoms with E-state index in [0.717, 1.165) is 6.07 Å². The van der Waals surface area contributed by atoms with Gasteiger partial charge in [-0.15, -0.1) is 0 Å². The Morgan fingerprint density at radius 1 is 1.35 bits per heavy atom. The molecule has 128 valence electrons. The fourth-order valence-electron chi connectivity index (χ4n) is 2.02. The van der Waals surface area contributed by atoms with Gasteiger partial charge < -0.3 is 15.2 Å². The summed E-state index contributed by atoms with van der Waals surface area (Å²) < 4.78 is 28.0. The van der Waals surface area contributed by atoms with E-state index in [9.17, 15) is 23.1 Å². The summed E-state index contributed by atoms with van der Waals surface area (Å²) in [6.07, 6.45) is 0. The van der Waals surface area contributed by atoms with E-state index in [2.05, 4.69) is 5.32 Å². The third kappa shape index (κ3) is 4.27. The normalized spacial score (nSPS) is 14.1. The van der Waals surface area contributed by atoms with Crippen molar-refractivity contribution in [2.75, 3.05) is 13.7 Å². The average molecular weight is 344 g/mol. The fourth-order valence-corrected chi connectivity index (χ4v) is 2.90. The highest BCUT2D eigenvalue weighted by molar-refractivity contribution is 7.89. The minimum absolute atomic E-state index is 0.000651. The molecule has 0 aliphatic heterocycles. The number of hydrogen-bond acceptors (Lipinski definition) is 5. The van der Waals surface area contributed by atoms with Crippen LogP contribution in [0.3, 0.4) is 0 Å². The standard InChI is InChI=1S/C14H20N2O6S/c1-8-5-10(6-11(9(8)2)23(15,20)21)12(17)16-14(3,7-22-4)13(18)19/h5-6H,7H2,1-4H3,(H,16,17)(H,18,19)(H2,15,20,21). The number of nitrogens with two attached hydrogens (primary N) is 1. The lowest BCUT2D eigenvalue weighted by Gasteiger charge is -2.25. The molecule has 0 saturated heterocycles. The summed E-state index contributed by atoms with van der Waals surface area (Å²) in [7, 11) is -2.70. The van der Waals surface area contributed by atoms with Crippen LogP contribution in [0.25, 0.3) is 0 Å². The number of methoxy groups -OCH3 is 1. The third-order valence-corrected chi connectivity index (χ3v) is 4.52. The second kappa shape index (κ2) is 6.65. The number of aliphatic carboxylic acids is 1. The molecule has 23 heavy (non-hydrogen) atoms. The van der Waals surface area contributed by atoms with Gasteiger partial charge in [0.2, 0.25) is 10.0 Å². The molecule has 9 heteroatoms. The molecule has 0 aromatic heterocycles. The number of aryl methyl sites for hydroxylation is 1. The van der Waals surface area contributed by atoms with Crippen LogP contribution in [0.15, 0.2) is 17.0 Å². The number of carboxylic acids is 1. The van der Waals surface area contributed by atoms with E-state index in [1.165, 1.54) is 20.1 Å². The summed E-state index contributed by atoms with van der Waals surface area (Å²) in [6.45, 7) is 4.24. The molecule has 0 fully saturated rings. The first-order chi connectivity index (χ1) is 10.4. The first-order valence-electron chi connectivity index (χ1n) is 6.61. The molecule has 1 amide bonds. The first kappa shape index (κ1) is 19.1. The van der Waals surface area contributed by atoms with Gasteiger partial charge in [0.1, 0.15) is 0 Å². The fraction of sp³-hybridized carbons (Fsp3) is 0.429. The van der Waals surface area contributed by atoms with Crippen molar-refractivity contribution >= 4 is 21.9 Å². The molecular weight excluding hydrogens is 324 g/mol. The zero-order valence-corrected chi connectivity index (χ0v) is 14.2. The number of carbonyl (C=O) groups is 2. The first-order valence-corrected chi connectivity index (χ1v) is 8.16. The Morgan fingerprint density at radius 3 is 2.35 bits per heavy atom. The van der Waals surface area contributed by atoms with Crippen molar-refractivity contribution in [3.8, 4) is 0 Å². The van der Waals surface area contributed by atoms with Crippen LogP contribution in [0.4, 0.5) is 0 Å². The predicted molar refractivity (Wildman–Crippen MR) is 82.7 cm³/mol. The van der Waals surface area contributed by atoms with Gasteiger partial charge in [-0.3, -0.25) is 4.79 Å². The monoisotopic (exact) mass is 344 g/mol. The molecule has 1 unspecified atom stereocenters. The number of ether oxygens (including phenoxy) is 1. The van der Waals surface area contributed by atoms with Crippen LogP contribution in [0, 0.1) is 13.8 Å². The highest BCUT2D eigenvalue weighted by Gasteiger charge is 2.35. The highest BCUT2D eigenvalue weighted by Crippen LogP contribution is 2.20. The molecule has 8 nitrogen and oxygen atoms in total. The van der Waals surface area contributed by atoms with Crippen molar-refractivity contribution in [1.29, 1.82) is 0 Å². The maximum Gasteiger partial charge on any atom is 0.331 e. The number of rotatable bonds is 6. The van der Waals surface area contributed by atoms with E-state index >= 15 is 0 Å². The van der Waals surface area contributed by atoms with Crippen LogP contribution < -0.4 is 10.5 Å². The van der Waals surface area contributed by atoms with Crippen LogP contribution >= 0.6 is 0 Å². The van der Waals surface area contributed by atoms with E-state index in [-0.39, 0.29) is 17.1 Å². The van der Waals surface area contributed by atoms with Gasteiger partial charge in [-0.25, -0.2) is 18.4 Å². The topological polar surface area (TPSA) is 136 Å². The molecule has 0 aliphatic carbocycles. The Bertz CT molecular complexity index is 744. The molecule has 0 spiro atoms. The van der Waals surface area contributed by atoms with Gasteiger partial charge in [0, 0.05) is 12.7 Å². The summed E-state index contributed by atoms with van der Waals surface area (Å²) in [5.41, 5.74) is -0.667. The largest absolute Gasteiger partial charge is 0.479 e. The minimum Gasteiger partial charge on any atom is -0.479 e. The molecule has 0 saturated carbocycles. The SMILES string of the molecule is COCC(C)(NC(=O)c1cc(C)c(C)c(S(N)(=O)=O)c1)C(=O)O. The molecule has 1 atom stereocenters. The molecule has 1 aromatic carbocycles. The summed E-state index contributed by atoms with van der Waals surface area (Å²) in [6, 6.07) is 2.59. The van der Waals surface area contributed by atoms with Gasteiger partial charge in [-0.05, 0) is 44.0 Å². The number of amides is 1. The van der Waals surface area contributed by atoms with E-state index in [4.69, 9.17) is 9.88 Å². The Morgan fingerprint density at radius 2 is 1.91 bits per heavy atom. The number of carbonyl (C=O) groups excluding carboxylic acids is 1. The lowest BCUT2D eigenvalue weighted by molar-refractivity contribution is -0.145. The molecule has 4 N–H and O–H groups in total. The minimum atomic E-state index is -4.00. The number of primary sulfonamides is 1. The summed E-state index contributed by atoms with van der Waals surface area (Å²) >= 11 is 0. The van der Waals surface area contributed by atoms with E-state index in [0.29, 0.717) is 11.1 Å². The molecule has 0 bridgehead atoms. The van der Waals surface area contributed by atoms with Crippen molar-refractivity contribution in [1.82, 2.24) is 5.32 Å². The second-order valence-electron chi connectivity index (χ2n) is 5.49. The Kier molecular flexibility index (Phi) is 5.51. The number of carboxylic acid groups (broad SMARTS) is 1. The quantitative estimate of drug-likeness (QED) is 0.673. The Balaban J connectivity index is 3.29. The predicted octanol–water partition coefficient (Wildman–Crippen LogP) is 0.170. The highest BCUT2D eigenvalue weighted by atomic mass is 32.2. The number of benzene rings is 1. The number of hydrogen-bond donors (Lipinski definition) is 3. The van der Waals surface area contributed by atoms with Crippen molar-refractivity contribution in [3.05, 3.63) is 28.8 Å². The number of sulfonamides is 1. The molecular formula is C14H20N2O6S. The smallest absolute Gasteiger partial charge is 0.331 e. The summed E-state index contributed by atoms with van der Waals surface area (Å²) in [4.78, 5) is 23.5. The molecule has 0 radical (unpaired) electrons. The van der Waals surface area contributed by atoms with E-state index in [1.807, 2.05) is 0 Å². The van der Waals surface area contributed by atoms with E-state index < -0.39 is 27.4 Å². The summed E-state index contributed by atoms with van der Waals surface area (Å²) in [5.74, 6) is -2.01. The Labute approximate surface area is 134 Å². The van der Waals surface area contributed by atoms with Crippen LogP contribution in [-0.2, 0) is 19.6 Å². The molecule has 1 aromatic rings. The van der Waals surface area contributed by atoms with Gasteiger partial charge in [0.05, 0.1) is 11.5 Å². The third-order valence-electron chi connectivity index (χ3n) is 3.48. The summed E-state index contributed by atoms with van der Waals surface area (Å²) in [5, 5.41) is 16.7. The van der Waals surface area contributed by atoms with Gasteiger partial charge in [-0.2, -0.15) is 0 Å². The van der Waals surface area contributed by atoms with E-state index in [1.54, 1.807) is 13.8 Å². The van der Waals surface area contributed by atoms with Crippen molar-refractivity contribution < 1.29 is 27.9 Å². The van der Waals surface area contributed by atoms with Gasteiger partial charge >= 0.3 is 5.97 Å². The Hall–Kier alpha value is -1.97. The van der Waals surface area contributed by atoms with Gasteiger partial charge in [0.25, 0.3) is 5.91 Å². The zero-order valence-electron chi connectivity index (χ0n) is 13.3. The van der Waals surface area contributed by atoms with Crippen molar-refractivity contribution in [2.24, 2.45) is 5.14 Å². The van der Waals surface area contributed by atoms with Crippen LogP contribution in [-0.4, -0.2) is 44.7 Å². The maximum absolute atomic E-state index is 12.3. The van der Waals surface area contributed by atoms with Crippen LogP contribution in [0.1, 0.15) is 28.4 Å². The lowest BCUT2D eigenvalue weighted by atomic mass is 10.0. The van der Waals surface area contributed by atoms with Crippen molar-refractivity contribution in [3.63, 3.8) is 0 Å². The van der Waals surface area contributed by atoms with Crippen molar-refractivity contribution in [2.45, 2.75) is 31.2 Å². The second-order valence-corrected chi connectivity index (χ2v) is 7.02. The molecule has 0 aliphatic rings. The number of nitrogens with one attached hydrogen (secondary N) is 1. The van der Waals surface area contributed by atoms with Gasteiger partial charge in [0.15, 0.2) is 5.54 Å². The average Bonchev–Trinajstić information content (AvgIpc) is 2.40. The molecule has 0 heterocycles. The van der Waals surface area contributed by atoms with Crippen LogP contribution in [0.2, 0.25) is 0 Å².